The number of rotatable bonds is 9. The van der Waals surface area contributed by atoms with Crippen LogP contribution < -0.4 is 16.5 Å². The van der Waals surface area contributed by atoms with Crippen LogP contribution in [0.5, 0.6) is 0 Å². The van der Waals surface area contributed by atoms with Gasteiger partial charge in [-0.1, -0.05) is 57.1 Å². The van der Waals surface area contributed by atoms with E-state index in [1.165, 1.54) is 0 Å². The van der Waals surface area contributed by atoms with Crippen LogP contribution in [0.3, 0.4) is 0 Å². The van der Waals surface area contributed by atoms with E-state index in [0.717, 1.165) is 6.42 Å². The van der Waals surface area contributed by atoms with Gasteiger partial charge in [-0.2, -0.15) is 0 Å². The lowest BCUT2D eigenvalue weighted by atomic mass is 9.99. The number of hydroxylamine groups is 1. The third-order valence-corrected chi connectivity index (χ3v) is 3.84. The Bertz CT molecular complexity index is 617. The van der Waals surface area contributed by atoms with Crippen molar-refractivity contribution in [3.05, 3.63) is 30.3 Å². The van der Waals surface area contributed by atoms with Crippen molar-refractivity contribution < 1.29 is 14.8 Å². The third kappa shape index (κ3) is 11.1. The number of hydrogen-bond acceptors (Lipinski definition) is 4. The average Bonchev–Trinajstić information content (AvgIpc) is 2.65. The number of amidine groups is 1. The molecule has 1 aromatic carbocycles. The molecule has 7 nitrogen and oxygen atoms in total. The van der Waals surface area contributed by atoms with E-state index >= 15 is 0 Å². The van der Waals surface area contributed by atoms with Crippen LogP contribution in [0, 0.1) is 5.92 Å². The molecule has 1 atom stereocenters. The van der Waals surface area contributed by atoms with E-state index in [1.54, 1.807) is 24.5 Å². The first-order valence-electron chi connectivity index (χ1n) is 9.07. The molecule has 0 saturated carbocycles. The number of nitrogens with two attached hydrogens (primary N) is 1. The lowest BCUT2D eigenvalue weighted by Crippen LogP contribution is -2.29. The van der Waals surface area contributed by atoms with Gasteiger partial charge in [0.25, 0.3) is 0 Å². The molecule has 0 saturated heterocycles. The Morgan fingerprint density at radius 1 is 1.19 bits per heavy atom. The molecular weight excluding hydrogens is 364 g/mol. The number of amides is 2. The second kappa shape index (κ2) is 14.8. The summed E-state index contributed by atoms with van der Waals surface area (Å²) in [6.45, 7) is 5.62. The van der Waals surface area contributed by atoms with Gasteiger partial charge >= 0.3 is 0 Å². The minimum absolute atomic E-state index is 0.227. The molecule has 0 radical (unpaired) electrons. The van der Waals surface area contributed by atoms with E-state index in [2.05, 4.69) is 10.3 Å². The number of unbranched alkanes of at least 4 members (excludes halogenated alkanes) is 2. The Balaban J connectivity index is 0.00000326. The van der Waals surface area contributed by atoms with Gasteiger partial charge in [-0.15, -0.1) is 0 Å². The highest BCUT2D eigenvalue weighted by molar-refractivity contribution is 7.80. The van der Waals surface area contributed by atoms with Crippen molar-refractivity contribution in [2.45, 2.75) is 52.9 Å². The van der Waals surface area contributed by atoms with Crippen LogP contribution in [-0.4, -0.2) is 27.8 Å². The van der Waals surface area contributed by atoms with Crippen molar-refractivity contribution in [2.75, 3.05) is 5.32 Å². The summed E-state index contributed by atoms with van der Waals surface area (Å²) in [6, 6.07) is 9.11. The van der Waals surface area contributed by atoms with Gasteiger partial charge in [0.15, 0.2) is 0 Å². The van der Waals surface area contributed by atoms with Crippen molar-refractivity contribution in [1.82, 2.24) is 5.48 Å². The number of hydrogen-bond donors (Lipinski definition) is 4. The molecule has 0 bridgehead atoms. The predicted octanol–water partition coefficient (Wildman–Crippen LogP) is 3.43. The molecule has 0 spiro atoms. The predicted molar refractivity (Wildman–Crippen MR) is 113 cm³/mol. The standard InChI is InChI=1S/C17H24N4O3S.C2H6/c1-12(18)19-17(25)14(10-6-3-7-11-15(22)21-24)16(23)20-13-8-4-2-5-9-13;1-2/h2,4-5,8-9,14,24H,3,6-7,10-11H2,1H3,(H,20,23)(H,21,22)(H2,18,19,25);1-2H3. The first kappa shape index (κ1) is 24.7. The highest BCUT2D eigenvalue weighted by Crippen LogP contribution is 2.17. The smallest absolute Gasteiger partial charge is 0.243 e. The summed E-state index contributed by atoms with van der Waals surface area (Å²) in [5, 5.41) is 11.3. The number of thiocarbonyl (C=S) groups is 1. The Kier molecular flexibility index (Phi) is 13.5. The van der Waals surface area contributed by atoms with E-state index in [4.69, 9.17) is 23.2 Å². The van der Waals surface area contributed by atoms with E-state index in [0.29, 0.717) is 30.8 Å². The van der Waals surface area contributed by atoms with Crippen molar-refractivity contribution >= 4 is 40.5 Å². The highest BCUT2D eigenvalue weighted by atomic mass is 32.1. The monoisotopic (exact) mass is 394 g/mol. The number of nitrogens with zero attached hydrogens (tertiary/aromatic N) is 1. The van der Waals surface area contributed by atoms with Gasteiger partial charge in [-0.25, -0.2) is 10.5 Å². The Morgan fingerprint density at radius 2 is 1.81 bits per heavy atom. The molecule has 0 aliphatic rings. The molecule has 0 aliphatic heterocycles. The second-order valence-electron chi connectivity index (χ2n) is 5.63. The Morgan fingerprint density at radius 3 is 2.37 bits per heavy atom. The summed E-state index contributed by atoms with van der Waals surface area (Å²) in [5.74, 6) is -0.908. The molecule has 0 heterocycles. The summed E-state index contributed by atoms with van der Waals surface area (Å²) < 4.78 is 0. The van der Waals surface area contributed by atoms with Gasteiger partial charge in [0.2, 0.25) is 11.8 Å². The van der Waals surface area contributed by atoms with Crippen LogP contribution in [0.4, 0.5) is 5.69 Å². The molecule has 150 valence electrons. The van der Waals surface area contributed by atoms with Crippen LogP contribution in [0.1, 0.15) is 52.9 Å². The van der Waals surface area contributed by atoms with E-state index in [1.807, 2.05) is 32.0 Å². The number of benzene rings is 1. The van der Waals surface area contributed by atoms with Crippen LogP contribution in [-0.2, 0) is 9.59 Å². The van der Waals surface area contributed by atoms with Gasteiger partial charge in [0.05, 0.1) is 11.8 Å². The zero-order chi connectivity index (χ0) is 20.7. The molecule has 0 fully saturated rings. The number of aliphatic imine (C=N–C) groups is 1. The number of para-hydroxylation sites is 1. The minimum atomic E-state index is -0.569. The molecule has 0 aliphatic carbocycles. The SMILES string of the molecule is CC.CC(N)=NC(=S)C(CCCCCC(=O)NO)C(=O)Nc1ccccc1. The summed E-state index contributed by atoms with van der Waals surface area (Å²) >= 11 is 5.26. The van der Waals surface area contributed by atoms with Gasteiger partial charge < -0.3 is 11.1 Å². The van der Waals surface area contributed by atoms with E-state index < -0.39 is 11.8 Å². The summed E-state index contributed by atoms with van der Waals surface area (Å²) in [7, 11) is 0. The summed E-state index contributed by atoms with van der Waals surface area (Å²) in [6.07, 6.45) is 2.80. The third-order valence-electron chi connectivity index (χ3n) is 3.46. The van der Waals surface area contributed by atoms with Crippen LogP contribution >= 0.6 is 12.2 Å². The maximum atomic E-state index is 12.5. The summed E-state index contributed by atoms with van der Waals surface area (Å²) in [5.41, 5.74) is 7.85. The Labute approximate surface area is 166 Å². The Hall–Kier alpha value is -2.32. The molecule has 27 heavy (non-hydrogen) atoms. The molecular formula is C19H30N4O3S. The van der Waals surface area contributed by atoms with Gasteiger partial charge in [-0.3, -0.25) is 14.8 Å². The first-order chi connectivity index (χ1) is 12.9. The normalized spacial score (nSPS) is 11.6. The first-order valence-corrected chi connectivity index (χ1v) is 9.48. The fourth-order valence-electron chi connectivity index (χ4n) is 2.24. The maximum absolute atomic E-state index is 12.5. The highest BCUT2D eigenvalue weighted by Gasteiger charge is 2.23. The number of nitrogens with one attached hydrogen (secondary N) is 2. The van der Waals surface area contributed by atoms with Gasteiger partial charge in [0, 0.05) is 12.1 Å². The molecule has 2 amide bonds. The largest absolute Gasteiger partial charge is 0.387 e. The molecule has 1 aromatic rings. The van der Waals surface area contributed by atoms with Crippen molar-refractivity contribution in [1.29, 1.82) is 0 Å². The van der Waals surface area contributed by atoms with E-state index in [-0.39, 0.29) is 17.3 Å². The quantitative estimate of drug-likeness (QED) is 0.128. The lowest BCUT2D eigenvalue weighted by Gasteiger charge is -2.16. The maximum Gasteiger partial charge on any atom is 0.243 e. The molecule has 5 N–H and O–H groups in total. The zero-order valence-electron chi connectivity index (χ0n) is 16.2. The molecule has 1 rings (SSSR count). The van der Waals surface area contributed by atoms with Crippen LogP contribution in [0.2, 0.25) is 0 Å². The van der Waals surface area contributed by atoms with Gasteiger partial charge in [-0.05, 0) is 31.9 Å². The van der Waals surface area contributed by atoms with Crippen LogP contribution in [0.25, 0.3) is 0 Å². The second-order valence-corrected chi connectivity index (χ2v) is 6.05. The van der Waals surface area contributed by atoms with Crippen molar-refractivity contribution in [3.63, 3.8) is 0 Å². The topological polar surface area (TPSA) is 117 Å². The minimum Gasteiger partial charge on any atom is -0.387 e. The van der Waals surface area contributed by atoms with Crippen LogP contribution in [0.15, 0.2) is 35.3 Å². The van der Waals surface area contributed by atoms with Gasteiger partial charge in [0.1, 0.15) is 4.99 Å². The molecule has 8 heteroatoms. The average molecular weight is 395 g/mol. The number of carbonyl (C=O) groups excluding carboxylic acids is 2. The van der Waals surface area contributed by atoms with E-state index in [9.17, 15) is 9.59 Å². The molecule has 0 aromatic heterocycles. The van der Waals surface area contributed by atoms with Crippen molar-refractivity contribution in [2.24, 2.45) is 16.6 Å². The lowest BCUT2D eigenvalue weighted by molar-refractivity contribution is -0.129. The fraction of sp³-hybridized carbons (Fsp3) is 0.474. The summed E-state index contributed by atoms with van der Waals surface area (Å²) in [4.78, 5) is 27.8. The molecule has 1 unspecified atom stereocenters. The zero-order valence-corrected chi connectivity index (χ0v) is 17.0. The number of anilines is 1. The fourth-order valence-corrected chi connectivity index (χ4v) is 2.60. The van der Waals surface area contributed by atoms with Crippen molar-refractivity contribution in [3.8, 4) is 0 Å². The number of carbonyl (C=O) groups is 2.